The largest absolute Gasteiger partial charge is 0.494 e. The van der Waals surface area contributed by atoms with E-state index in [0.29, 0.717) is 18.4 Å². The first-order chi connectivity index (χ1) is 9.29. The van der Waals surface area contributed by atoms with Crippen molar-refractivity contribution < 1.29 is 13.9 Å². The molecule has 0 radical (unpaired) electrons. The third kappa shape index (κ3) is 4.48. The van der Waals surface area contributed by atoms with Crippen LogP contribution in [0.25, 0.3) is 0 Å². The molecule has 0 amide bonds. The van der Waals surface area contributed by atoms with Crippen molar-refractivity contribution in [2.24, 2.45) is 0 Å². The molecule has 4 heteroatoms. The smallest absolute Gasteiger partial charge is 0.165 e. The van der Waals surface area contributed by atoms with Crippen molar-refractivity contribution in [1.29, 1.82) is 0 Å². The van der Waals surface area contributed by atoms with Gasteiger partial charge in [0.2, 0.25) is 0 Å². The minimum Gasteiger partial charge on any atom is -0.494 e. The fourth-order valence-electron chi connectivity index (χ4n) is 2.35. The molecule has 0 aliphatic carbocycles. The van der Waals surface area contributed by atoms with Gasteiger partial charge >= 0.3 is 0 Å². The Morgan fingerprint density at radius 1 is 1.42 bits per heavy atom. The van der Waals surface area contributed by atoms with E-state index in [1.165, 1.54) is 32.4 Å². The zero-order valence-electron chi connectivity index (χ0n) is 11.5. The maximum absolute atomic E-state index is 13.5. The van der Waals surface area contributed by atoms with Crippen molar-refractivity contribution in [1.82, 2.24) is 5.32 Å². The predicted molar refractivity (Wildman–Crippen MR) is 72.9 cm³/mol. The van der Waals surface area contributed by atoms with Gasteiger partial charge in [-0.3, -0.25) is 0 Å². The molecule has 0 bridgehead atoms. The van der Waals surface area contributed by atoms with Crippen molar-refractivity contribution in [3.63, 3.8) is 0 Å². The zero-order chi connectivity index (χ0) is 13.5. The van der Waals surface area contributed by atoms with Crippen molar-refractivity contribution in [2.75, 3.05) is 20.3 Å². The lowest BCUT2D eigenvalue weighted by atomic mass is 10.1. The monoisotopic (exact) mass is 267 g/mol. The molecule has 3 nitrogen and oxygen atoms in total. The summed E-state index contributed by atoms with van der Waals surface area (Å²) in [5.74, 6) is -0.0169. The van der Waals surface area contributed by atoms with Crippen LogP contribution in [0, 0.1) is 5.82 Å². The molecule has 1 aliphatic heterocycles. The predicted octanol–water partition coefficient (Wildman–Crippen LogP) is 2.88. The summed E-state index contributed by atoms with van der Waals surface area (Å²) >= 11 is 0. The minimum atomic E-state index is -0.308. The van der Waals surface area contributed by atoms with Crippen molar-refractivity contribution in [3.8, 4) is 5.75 Å². The molecule has 1 saturated heterocycles. The number of halogens is 1. The number of hydrogen-bond donors (Lipinski definition) is 1. The van der Waals surface area contributed by atoms with Gasteiger partial charge in [-0.05, 0) is 49.9 Å². The van der Waals surface area contributed by atoms with Crippen LogP contribution in [-0.4, -0.2) is 26.4 Å². The summed E-state index contributed by atoms with van der Waals surface area (Å²) in [5.41, 5.74) is 0.933. The third-order valence-electron chi connectivity index (χ3n) is 3.46. The molecule has 2 rings (SSSR count). The van der Waals surface area contributed by atoms with Gasteiger partial charge in [-0.2, -0.15) is 0 Å². The van der Waals surface area contributed by atoms with E-state index in [1.807, 2.05) is 6.07 Å². The second kappa shape index (κ2) is 7.46. The van der Waals surface area contributed by atoms with Crippen LogP contribution in [0.5, 0.6) is 5.75 Å². The van der Waals surface area contributed by atoms with Gasteiger partial charge in [0.1, 0.15) is 0 Å². The van der Waals surface area contributed by atoms with Crippen LogP contribution in [0.2, 0.25) is 0 Å². The Morgan fingerprint density at radius 2 is 2.32 bits per heavy atom. The van der Waals surface area contributed by atoms with E-state index < -0.39 is 0 Å². The normalized spacial score (nSPS) is 19.4. The fourth-order valence-corrected chi connectivity index (χ4v) is 2.35. The first kappa shape index (κ1) is 14.3. The molecule has 1 unspecified atom stereocenters. The van der Waals surface area contributed by atoms with Crippen molar-refractivity contribution >= 4 is 0 Å². The lowest BCUT2D eigenvalue weighted by Gasteiger charge is -2.22. The molecule has 1 aromatic rings. The summed E-state index contributed by atoms with van der Waals surface area (Å²) in [7, 11) is 1.47. The van der Waals surface area contributed by atoms with Gasteiger partial charge < -0.3 is 14.8 Å². The van der Waals surface area contributed by atoms with Gasteiger partial charge in [0.05, 0.1) is 13.2 Å². The summed E-state index contributed by atoms with van der Waals surface area (Å²) < 4.78 is 24.0. The van der Waals surface area contributed by atoms with Crippen LogP contribution >= 0.6 is 0 Å². The maximum Gasteiger partial charge on any atom is 0.165 e. The van der Waals surface area contributed by atoms with E-state index in [1.54, 1.807) is 6.07 Å². The number of ether oxygens (including phenoxy) is 2. The lowest BCUT2D eigenvalue weighted by molar-refractivity contribution is 0.0115. The van der Waals surface area contributed by atoms with E-state index in [-0.39, 0.29) is 5.82 Å². The highest BCUT2D eigenvalue weighted by Crippen LogP contribution is 2.18. The second-order valence-corrected chi connectivity index (χ2v) is 4.92. The SMILES string of the molecule is COc1ccc(CNCCC2CCCCO2)cc1F. The van der Waals surface area contributed by atoms with Gasteiger partial charge in [0, 0.05) is 13.2 Å². The molecular weight excluding hydrogens is 245 g/mol. The Labute approximate surface area is 114 Å². The van der Waals surface area contributed by atoms with Gasteiger partial charge in [0.15, 0.2) is 11.6 Å². The van der Waals surface area contributed by atoms with Crippen LogP contribution in [0.15, 0.2) is 18.2 Å². The van der Waals surface area contributed by atoms with Crippen LogP contribution in [0.4, 0.5) is 4.39 Å². The summed E-state index contributed by atoms with van der Waals surface area (Å²) in [6.07, 6.45) is 5.05. The molecule has 1 fully saturated rings. The molecule has 19 heavy (non-hydrogen) atoms. The molecule has 1 aromatic carbocycles. The van der Waals surface area contributed by atoms with Crippen LogP contribution in [0.1, 0.15) is 31.2 Å². The first-order valence-electron chi connectivity index (χ1n) is 6.94. The first-order valence-corrected chi connectivity index (χ1v) is 6.94. The summed E-state index contributed by atoms with van der Waals surface area (Å²) in [5, 5.41) is 3.33. The van der Waals surface area contributed by atoms with E-state index in [2.05, 4.69) is 5.32 Å². The Balaban J connectivity index is 1.69. The molecule has 0 spiro atoms. The van der Waals surface area contributed by atoms with Crippen molar-refractivity contribution in [2.45, 2.75) is 38.3 Å². The van der Waals surface area contributed by atoms with Gasteiger partial charge in [-0.1, -0.05) is 6.07 Å². The topological polar surface area (TPSA) is 30.5 Å². The van der Waals surface area contributed by atoms with Crippen LogP contribution < -0.4 is 10.1 Å². The molecule has 106 valence electrons. The number of benzene rings is 1. The van der Waals surface area contributed by atoms with Gasteiger partial charge in [-0.15, -0.1) is 0 Å². The highest BCUT2D eigenvalue weighted by atomic mass is 19.1. The van der Waals surface area contributed by atoms with E-state index in [4.69, 9.17) is 9.47 Å². The molecule has 0 aromatic heterocycles. The zero-order valence-corrected chi connectivity index (χ0v) is 11.5. The van der Waals surface area contributed by atoms with Gasteiger partial charge in [-0.25, -0.2) is 4.39 Å². The average molecular weight is 267 g/mol. The van der Waals surface area contributed by atoms with E-state index in [0.717, 1.165) is 25.1 Å². The lowest BCUT2D eigenvalue weighted by Crippen LogP contribution is -2.25. The second-order valence-electron chi connectivity index (χ2n) is 4.92. The number of methoxy groups -OCH3 is 1. The van der Waals surface area contributed by atoms with E-state index in [9.17, 15) is 4.39 Å². The Bertz CT molecular complexity index is 392. The molecule has 1 N–H and O–H groups in total. The Hall–Kier alpha value is -1.13. The third-order valence-corrected chi connectivity index (χ3v) is 3.46. The minimum absolute atomic E-state index is 0.291. The molecule has 1 atom stereocenters. The Morgan fingerprint density at radius 3 is 3.00 bits per heavy atom. The van der Waals surface area contributed by atoms with Crippen molar-refractivity contribution in [3.05, 3.63) is 29.6 Å². The molecule has 1 aliphatic rings. The molecular formula is C15H22FNO2. The maximum atomic E-state index is 13.5. The molecule has 0 saturated carbocycles. The quantitative estimate of drug-likeness (QED) is 0.804. The number of hydrogen-bond acceptors (Lipinski definition) is 3. The fraction of sp³-hybridized carbons (Fsp3) is 0.600. The number of rotatable bonds is 6. The summed E-state index contributed by atoms with van der Waals surface area (Å²) in [6, 6.07) is 5.06. The van der Waals surface area contributed by atoms with Gasteiger partial charge in [0.25, 0.3) is 0 Å². The van der Waals surface area contributed by atoms with E-state index >= 15 is 0 Å². The molecule has 1 heterocycles. The standard InChI is InChI=1S/C15H22FNO2/c1-18-15-6-5-12(10-14(15)16)11-17-8-7-13-4-2-3-9-19-13/h5-6,10,13,17H,2-4,7-9,11H2,1H3. The highest BCUT2D eigenvalue weighted by Gasteiger charge is 2.12. The Kier molecular flexibility index (Phi) is 5.61. The number of nitrogens with one attached hydrogen (secondary N) is 1. The van der Waals surface area contributed by atoms with Crippen LogP contribution in [-0.2, 0) is 11.3 Å². The average Bonchev–Trinajstić information content (AvgIpc) is 2.45. The summed E-state index contributed by atoms with van der Waals surface area (Å²) in [6.45, 7) is 2.47. The highest BCUT2D eigenvalue weighted by molar-refractivity contribution is 5.29. The van der Waals surface area contributed by atoms with Crippen LogP contribution in [0.3, 0.4) is 0 Å². The summed E-state index contributed by atoms with van der Waals surface area (Å²) in [4.78, 5) is 0.